The van der Waals surface area contributed by atoms with Gasteiger partial charge < -0.3 is 4.55 Å². The van der Waals surface area contributed by atoms with Crippen LogP contribution in [-0.2, 0) is 30.6 Å². The highest BCUT2D eigenvalue weighted by Gasteiger charge is 2.36. The molecule has 124 valence electrons. The third kappa shape index (κ3) is 8.42. The molecule has 0 unspecified atom stereocenters. The summed E-state index contributed by atoms with van der Waals surface area (Å²) in [5.41, 5.74) is -5.65. The summed E-state index contributed by atoms with van der Waals surface area (Å²) in [4.78, 5) is 22.4. The molecule has 1 fully saturated rings. The molecule has 1 aliphatic rings. The van der Waals surface area contributed by atoms with Crippen LogP contribution in [-0.4, -0.2) is 47.3 Å². The van der Waals surface area contributed by atoms with E-state index in [-0.39, 0.29) is 16.8 Å². The maximum absolute atomic E-state index is 11.4. The Labute approximate surface area is 124 Å². The van der Waals surface area contributed by atoms with Crippen LogP contribution >= 0.6 is 0 Å². The van der Waals surface area contributed by atoms with Crippen molar-refractivity contribution >= 4 is 32.6 Å². The summed E-state index contributed by atoms with van der Waals surface area (Å²) in [6.07, 6.45) is 1.41. The lowest BCUT2D eigenvalue weighted by Gasteiger charge is -2.13. The highest BCUT2D eigenvalue weighted by Crippen LogP contribution is 2.20. The average molecular weight is 350 g/mol. The molecule has 21 heavy (non-hydrogen) atoms. The molecule has 0 bridgehead atoms. The second-order valence-corrected chi connectivity index (χ2v) is 8.43. The van der Waals surface area contributed by atoms with Gasteiger partial charge in [0.25, 0.3) is 0 Å². The molecule has 5 nitrogen and oxygen atoms in total. The molecule has 0 amide bonds. The Kier molecular flexibility index (Phi) is 7.90. The van der Waals surface area contributed by atoms with Gasteiger partial charge in [-0.1, -0.05) is 13.8 Å². The van der Waals surface area contributed by atoms with E-state index >= 15 is 0 Å². The summed E-state index contributed by atoms with van der Waals surface area (Å²) < 4.78 is 58.9. The number of hydrogen-bond donors (Lipinski definition) is 0. The monoisotopic (exact) mass is 350 g/mol. The molecule has 0 aliphatic carbocycles. The van der Waals surface area contributed by atoms with Crippen LogP contribution in [0.5, 0.6) is 0 Å². The van der Waals surface area contributed by atoms with Crippen molar-refractivity contribution in [3.05, 3.63) is 0 Å². The number of halogens is 3. The van der Waals surface area contributed by atoms with Gasteiger partial charge in [0.15, 0.2) is 21.7 Å². The van der Waals surface area contributed by atoms with Crippen molar-refractivity contribution in [1.82, 2.24) is 0 Å². The highest BCUT2D eigenvalue weighted by molar-refractivity contribution is 7.97. The molecule has 0 spiro atoms. The summed E-state index contributed by atoms with van der Waals surface area (Å²) >= 11 is 0. The first-order valence-electron chi connectivity index (χ1n) is 6.05. The van der Waals surface area contributed by atoms with Crippen LogP contribution in [0.4, 0.5) is 13.2 Å². The van der Waals surface area contributed by atoms with Gasteiger partial charge in [0.1, 0.15) is 17.3 Å². The first-order valence-corrected chi connectivity index (χ1v) is 9.19. The van der Waals surface area contributed by atoms with E-state index in [1.165, 1.54) is 0 Å². The summed E-state index contributed by atoms with van der Waals surface area (Å²) in [5.74, 6) is 3.52. The van der Waals surface area contributed by atoms with Crippen molar-refractivity contribution in [1.29, 1.82) is 0 Å². The fourth-order valence-electron chi connectivity index (χ4n) is 1.26. The van der Waals surface area contributed by atoms with Gasteiger partial charge in [-0.3, -0.25) is 9.59 Å². The minimum atomic E-state index is -6.09. The number of alkyl halides is 3. The van der Waals surface area contributed by atoms with Crippen molar-refractivity contribution < 1.29 is 35.7 Å². The number of ketones is 2. The molecule has 1 aliphatic heterocycles. The smallest absolute Gasteiger partial charge is 0.485 e. The second-order valence-electron chi connectivity index (χ2n) is 4.72. The first-order chi connectivity index (χ1) is 9.34. The molecule has 0 N–H and O–H groups in total. The third-order valence-corrected chi connectivity index (χ3v) is 5.44. The van der Waals surface area contributed by atoms with Gasteiger partial charge in [-0.25, -0.2) is 8.42 Å². The Morgan fingerprint density at radius 2 is 1.67 bits per heavy atom. The number of hydrogen-bond acceptors (Lipinski definition) is 5. The summed E-state index contributed by atoms with van der Waals surface area (Å²) in [7, 11) is -5.88. The van der Waals surface area contributed by atoms with Crippen LogP contribution in [0.15, 0.2) is 0 Å². The summed E-state index contributed by atoms with van der Waals surface area (Å²) in [6.45, 7) is 3.89. The third-order valence-electron chi connectivity index (χ3n) is 2.61. The number of rotatable bonds is 3. The largest absolute Gasteiger partial charge is 0.741 e. The molecule has 0 saturated carbocycles. The molecular weight excluding hydrogens is 333 g/mol. The SMILES string of the molecule is CC(C)C(=O)C[S+]1CCC(=O)CC1.O=S(=O)([O-])C(F)(F)F. The van der Waals surface area contributed by atoms with Gasteiger partial charge in [0.2, 0.25) is 0 Å². The van der Waals surface area contributed by atoms with Crippen molar-refractivity contribution in [2.24, 2.45) is 5.92 Å². The lowest BCUT2D eigenvalue weighted by atomic mass is 10.1. The van der Waals surface area contributed by atoms with Crippen molar-refractivity contribution in [2.45, 2.75) is 32.2 Å². The molecule has 0 aromatic carbocycles. The van der Waals surface area contributed by atoms with E-state index < -0.39 is 15.6 Å². The van der Waals surface area contributed by atoms with Crippen molar-refractivity contribution in [2.75, 3.05) is 17.3 Å². The predicted octanol–water partition coefficient (Wildman–Crippen LogP) is 1.24. The molecule has 0 aromatic heterocycles. The Morgan fingerprint density at radius 1 is 1.29 bits per heavy atom. The van der Waals surface area contributed by atoms with Crippen LogP contribution in [0.2, 0.25) is 0 Å². The Hall–Kier alpha value is -0.610. The maximum Gasteiger partial charge on any atom is 0.485 e. The Balaban J connectivity index is 0.000000433. The first kappa shape index (κ1) is 20.4. The minimum Gasteiger partial charge on any atom is -0.741 e. The average Bonchev–Trinajstić information content (AvgIpc) is 2.30. The summed E-state index contributed by atoms with van der Waals surface area (Å²) in [5, 5.41) is 0. The fourth-order valence-corrected chi connectivity index (χ4v) is 3.52. The predicted molar refractivity (Wildman–Crippen MR) is 71.8 cm³/mol. The standard InChI is InChI=1S/C10H17O2S.CHF3O3S/c1-8(2)10(12)7-13-5-3-9(11)4-6-13;2-1(3,4)8(5,6)7/h8H,3-7H2,1-2H3;(H,5,6,7)/q+1;/p-1. The van der Waals surface area contributed by atoms with Gasteiger partial charge in [0.05, 0.1) is 12.8 Å². The van der Waals surface area contributed by atoms with E-state index in [2.05, 4.69) is 0 Å². The zero-order valence-corrected chi connectivity index (χ0v) is 13.2. The molecule has 1 rings (SSSR count). The van der Waals surface area contributed by atoms with Crippen LogP contribution in [0.3, 0.4) is 0 Å². The highest BCUT2D eigenvalue weighted by atomic mass is 32.2. The van der Waals surface area contributed by atoms with E-state index in [0.717, 1.165) is 11.5 Å². The topological polar surface area (TPSA) is 91.3 Å². The van der Waals surface area contributed by atoms with Gasteiger partial charge in [-0.05, 0) is 10.9 Å². The van der Waals surface area contributed by atoms with E-state index in [4.69, 9.17) is 13.0 Å². The molecule has 0 radical (unpaired) electrons. The normalized spacial score (nSPS) is 17.4. The number of carbonyl (C=O) groups excluding carboxylic acids is 2. The minimum absolute atomic E-state index is 0.158. The van der Waals surface area contributed by atoms with E-state index in [1.807, 2.05) is 13.8 Å². The van der Waals surface area contributed by atoms with Gasteiger partial charge >= 0.3 is 5.51 Å². The van der Waals surface area contributed by atoms with Gasteiger partial charge in [-0.2, -0.15) is 13.2 Å². The van der Waals surface area contributed by atoms with Crippen molar-refractivity contribution in [3.8, 4) is 0 Å². The molecular formula is C11H17F3O5S2. The van der Waals surface area contributed by atoms with E-state index in [1.54, 1.807) is 0 Å². The molecule has 0 atom stereocenters. The quantitative estimate of drug-likeness (QED) is 0.434. The van der Waals surface area contributed by atoms with Gasteiger partial charge in [0, 0.05) is 5.92 Å². The zero-order valence-electron chi connectivity index (χ0n) is 11.6. The second kappa shape index (κ2) is 8.14. The lowest BCUT2D eigenvalue weighted by Crippen LogP contribution is -2.30. The zero-order chi connectivity index (χ0) is 16.8. The fraction of sp³-hybridized carbons (Fsp3) is 0.818. The van der Waals surface area contributed by atoms with Crippen LogP contribution in [0.25, 0.3) is 0 Å². The van der Waals surface area contributed by atoms with E-state index in [9.17, 15) is 22.8 Å². The Morgan fingerprint density at radius 3 is 1.95 bits per heavy atom. The van der Waals surface area contributed by atoms with Crippen LogP contribution < -0.4 is 0 Å². The molecule has 10 heteroatoms. The van der Waals surface area contributed by atoms with Crippen LogP contribution in [0.1, 0.15) is 26.7 Å². The van der Waals surface area contributed by atoms with Crippen molar-refractivity contribution in [3.63, 3.8) is 0 Å². The molecule has 1 heterocycles. The number of carbonyl (C=O) groups is 2. The Bertz CT molecular complexity index is 461. The van der Waals surface area contributed by atoms with Gasteiger partial charge in [-0.15, -0.1) is 0 Å². The summed E-state index contributed by atoms with van der Waals surface area (Å²) in [6, 6.07) is 0. The molecule has 0 aromatic rings. The lowest BCUT2D eigenvalue weighted by molar-refractivity contribution is -0.120. The number of Topliss-reactive ketones (excluding diaryl/α,β-unsaturated/α-hetero) is 2. The molecule has 1 saturated heterocycles. The van der Waals surface area contributed by atoms with Crippen LogP contribution in [0, 0.1) is 5.92 Å². The van der Waals surface area contributed by atoms with E-state index in [0.29, 0.717) is 30.2 Å². The maximum atomic E-state index is 11.4.